The molecule has 214 valence electrons. The van der Waals surface area contributed by atoms with Gasteiger partial charge in [0.25, 0.3) is 0 Å². The third-order valence-corrected chi connectivity index (χ3v) is 7.52. The van der Waals surface area contributed by atoms with Gasteiger partial charge in [-0.15, -0.1) is 0 Å². The molecule has 3 aromatic rings. The highest BCUT2D eigenvalue weighted by Crippen LogP contribution is 2.23. The Kier molecular flexibility index (Phi) is 9.79. The van der Waals surface area contributed by atoms with Gasteiger partial charge in [0.2, 0.25) is 21.8 Å². The van der Waals surface area contributed by atoms with Crippen LogP contribution in [0.4, 0.5) is 5.69 Å². The summed E-state index contributed by atoms with van der Waals surface area (Å²) in [5.74, 6) is -0.759. The van der Waals surface area contributed by atoms with Gasteiger partial charge in [0.1, 0.15) is 12.6 Å². The molecule has 0 fully saturated rings. The zero-order valence-corrected chi connectivity index (χ0v) is 25.4. The summed E-state index contributed by atoms with van der Waals surface area (Å²) < 4.78 is 27.1. The maximum Gasteiger partial charge on any atom is 0.244 e. The molecule has 0 heterocycles. The van der Waals surface area contributed by atoms with Gasteiger partial charge in [-0.05, 0) is 75.9 Å². The second-order valence-corrected chi connectivity index (χ2v) is 13.5. The molecule has 0 aliphatic heterocycles. The van der Waals surface area contributed by atoms with Gasteiger partial charge < -0.3 is 10.2 Å². The average molecular weight is 564 g/mol. The van der Waals surface area contributed by atoms with Crippen LogP contribution in [0.5, 0.6) is 0 Å². The van der Waals surface area contributed by atoms with Crippen molar-refractivity contribution in [1.29, 1.82) is 0 Å². The maximum atomic E-state index is 14.2. The van der Waals surface area contributed by atoms with Gasteiger partial charge in [0, 0.05) is 18.5 Å². The first kappa shape index (κ1) is 30.9. The molecule has 0 bridgehead atoms. The molecule has 7 nitrogen and oxygen atoms in total. The predicted molar refractivity (Wildman–Crippen MR) is 162 cm³/mol. The zero-order chi connectivity index (χ0) is 29.7. The lowest BCUT2D eigenvalue weighted by atomic mass is 10.0. The van der Waals surface area contributed by atoms with Gasteiger partial charge >= 0.3 is 0 Å². The number of benzene rings is 3. The first-order valence-corrected chi connectivity index (χ1v) is 15.2. The van der Waals surface area contributed by atoms with Crippen molar-refractivity contribution in [1.82, 2.24) is 10.2 Å². The minimum Gasteiger partial charge on any atom is -0.350 e. The van der Waals surface area contributed by atoms with E-state index < -0.39 is 34.1 Å². The molecular formula is C32H41N3O4S. The number of anilines is 1. The van der Waals surface area contributed by atoms with E-state index >= 15 is 0 Å². The molecule has 2 amide bonds. The largest absolute Gasteiger partial charge is 0.350 e. The highest BCUT2D eigenvalue weighted by atomic mass is 32.2. The van der Waals surface area contributed by atoms with Crippen molar-refractivity contribution < 1.29 is 18.0 Å². The Bertz CT molecular complexity index is 1430. The number of hydrogen-bond donors (Lipinski definition) is 1. The van der Waals surface area contributed by atoms with Gasteiger partial charge in [-0.25, -0.2) is 8.42 Å². The van der Waals surface area contributed by atoms with Gasteiger partial charge in [0.05, 0.1) is 11.9 Å². The number of sulfonamides is 1. The summed E-state index contributed by atoms with van der Waals surface area (Å²) in [7, 11) is -3.81. The topological polar surface area (TPSA) is 86.8 Å². The van der Waals surface area contributed by atoms with Crippen molar-refractivity contribution in [2.75, 3.05) is 17.1 Å². The number of carbonyl (C=O) groups is 2. The molecule has 3 rings (SSSR count). The number of carbonyl (C=O) groups excluding carboxylic acids is 2. The SMILES string of the molecule is Cc1cccc(CN(C(=O)CN(c2cc(C)cc(C)c2)S(C)(=O)=O)[C@@H](Cc2ccccc2)C(=O)NC(C)(C)C)c1. The monoisotopic (exact) mass is 563 g/mol. The number of aryl methyl sites for hydroxylation is 3. The van der Waals surface area contributed by atoms with Crippen LogP contribution in [0.15, 0.2) is 72.8 Å². The van der Waals surface area contributed by atoms with Crippen molar-refractivity contribution in [3.05, 3.63) is 101 Å². The highest BCUT2D eigenvalue weighted by molar-refractivity contribution is 7.92. The molecule has 0 saturated heterocycles. The van der Waals surface area contributed by atoms with Crippen LogP contribution in [0, 0.1) is 20.8 Å². The number of amides is 2. The van der Waals surface area contributed by atoms with Crippen LogP contribution in [0.25, 0.3) is 0 Å². The molecule has 0 radical (unpaired) electrons. The van der Waals surface area contributed by atoms with E-state index in [0.717, 1.165) is 38.4 Å². The molecule has 1 atom stereocenters. The van der Waals surface area contributed by atoms with Crippen molar-refractivity contribution in [3.8, 4) is 0 Å². The Morgan fingerprint density at radius 2 is 1.43 bits per heavy atom. The standard InChI is InChI=1S/C32H41N3O4S/c1-23-12-11-15-27(17-23)21-34(29(31(37)33-32(4,5)6)20-26-13-9-8-10-14-26)30(36)22-35(40(7,38)39)28-18-24(2)16-25(3)19-28/h8-19,29H,20-22H2,1-7H3,(H,33,37)/t29-/m0/s1. The summed E-state index contributed by atoms with van der Waals surface area (Å²) in [4.78, 5) is 29.5. The summed E-state index contributed by atoms with van der Waals surface area (Å²) in [5.41, 5.74) is 4.44. The third kappa shape index (κ3) is 8.95. The van der Waals surface area contributed by atoms with Crippen molar-refractivity contribution in [2.24, 2.45) is 0 Å². The Hall–Kier alpha value is -3.65. The Labute approximate surface area is 239 Å². The van der Waals surface area contributed by atoms with E-state index in [9.17, 15) is 18.0 Å². The number of hydrogen-bond acceptors (Lipinski definition) is 4. The first-order chi connectivity index (χ1) is 18.6. The van der Waals surface area contributed by atoms with Crippen molar-refractivity contribution in [2.45, 2.75) is 66.1 Å². The average Bonchev–Trinajstić information content (AvgIpc) is 2.82. The molecule has 40 heavy (non-hydrogen) atoms. The molecule has 1 N–H and O–H groups in total. The van der Waals surface area contributed by atoms with Gasteiger partial charge in [0.15, 0.2) is 0 Å². The van der Waals surface area contributed by atoms with Gasteiger partial charge in [-0.3, -0.25) is 13.9 Å². The second kappa shape index (κ2) is 12.7. The zero-order valence-electron chi connectivity index (χ0n) is 24.6. The van der Waals surface area contributed by atoms with Crippen LogP contribution in [0.3, 0.4) is 0 Å². The van der Waals surface area contributed by atoms with Crippen LogP contribution in [0.2, 0.25) is 0 Å². The molecule has 0 saturated carbocycles. The van der Waals surface area contributed by atoms with E-state index in [4.69, 9.17) is 0 Å². The van der Waals surface area contributed by atoms with E-state index in [1.54, 1.807) is 12.1 Å². The van der Waals surface area contributed by atoms with E-state index in [2.05, 4.69) is 5.32 Å². The number of nitrogens with zero attached hydrogens (tertiary/aromatic N) is 2. The summed E-state index contributed by atoms with van der Waals surface area (Å²) >= 11 is 0. The van der Waals surface area contributed by atoms with E-state index in [0.29, 0.717) is 5.69 Å². The Morgan fingerprint density at radius 1 is 0.825 bits per heavy atom. The van der Waals surface area contributed by atoms with Crippen LogP contribution in [-0.2, 0) is 32.6 Å². The Morgan fingerprint density at radius 3 is 1.98 bits per heavy atom. The number of rotatable bonds is 10. The lowest BCUT2D eigenvalue weighted by Gasteiger charge is -2.35. The Balaban J connectivity index is 2.09. The highest BCUT2D eigenvalue weighted by Gasteiger charge is 2.34. The van der Waals surface area contributed by atoms with Crippen LogP contribution in [0.1, 0.15) is 48.6 Å². The summed E-state index contributed by atoms with van der Waals surface area (Å²) in [6, 6.07) is 21.9. The summed E-state index contributed by atoms with van der Waals surface area (Å²) in [5, 5.41) is 3.04. The molecule has 0 spiro atoms. The maximum absolute atomic E-state index is 14.2. The smallest absolute Gasteiger partial charge is 0.244 e. The fourth-order valence-corrected chi connectivity index (χ4v) is 5.56. The quantitative estimate of drug-likeness (QED) is 0.379. The molecule has 0 aliphatic rings. The van der Waals surface area contributed by atoms with E-state index in [-0.39, 0.29) is 18.9 Å². The normalized spacial score (nSPS) is 12.5. The molecule has 3 aromatic carbocycles. The van der Waals surface area contributed by atoms with Crippen LogP contribution >= 0.6 is 0 Å². The molecule has 0 unspecified atom stereocenters. The predicted octanol–water partition coefficient (Wildman–Crippen LogP) is 4.93. The lowest BCUT2D eigenvalue weighted by molar-refractivity contribution is -0.140. The van der Waals surface area contributed by atoms with Crippen molar-refractivity contribution >= 4 is 27.5 Å². The molecule has 0 aliphatic carbocycles. The van der Waals surface area contributed by atoms with Crippen LogP contribution < -0.4 is 9.62 Å². The van der Waals surface area contributed by atoms with Gasteiger partial charge in [-0.2, -0.15) is 0 Å². The molecule has 8 heteroatoms. The van der Waals surface area contributed by atoms with Crippen molar-refractivity contribution in [3.63, 3.8) is 0 Å². The summed E-state index contributed by atoms with van der Waals surface area (Å²) in [6.07, 6.45) is 1.37. The minimum absolute atomic E-state index is 0.153. The fraction of sp³-hybridized carbons (Fsp3) is 0.375. The lowest BCUT2D eigenvalue weighted by Crippen LogP contribution is -2.56. The second-order valence-electron chi connectivity index (χ2n) is 11.6. The molecular weight excluding hydrogens is 522 g/mol. The number of nitrogens with one attached hydrogen (secondary N) is 1. The van der Waals surface area contributed by atoms with E-state index in [1.165, 1.54) is 4.90 Å². The summed E-state index contributed by atoms with van der Waals surface area (Å²) in [6.45, 7) is 11.1. The van der Waals surface area contributed by atoms with E-state index in [1.807, 2.05) is 102 Å². The third-order valence-electron chi connectivity index (χ3n) is 6.38. The first-order valence-electron chi connectivity index (χ1n) is 13.4. The molecule has 0 aromatic heterocycles. The minimum atomic E-state index is -3.81. The van der Waals surface area contributed by atoms with Gasteiger partial charge in [-0.1, -0.05) is 66.2 Å². The fourth-order valence-electron chi connectivity index (χ4n) is 4.72. The van der Waals surface area contributed by atoms with Crippen LogP contribution in [-0.4, -0.2) is 49.5 Å².